The molecular weight excluding hydrogens is 302 g/mol. The molecule has 1 saturated heterocycles. The molecule has 1 aliphatic heterocycles. The molecule has 0 radical (unpaired) electrons. The molecule has 24 heavy (non-hydrogen) atoms. The van der Waals surface area contributed by atoms with Gasteiger partial charge in [0.05, 0.1) is 11.8 Å². The zero-order chi connectivity index (χ0) is 16.9. The second-order valence-corrected chi connectivity index (χ2v) is 6.66. The first-order chi connectivity index (χ1) is 11.6. The fourth-order valence-electron chi connectivity index (χ4n) is 3.30. The topological polar surface area (TPSA) is 54.3 Å². The van der Waals surface area contributed by atoms with Crippen molar-refractivity contribution < 1.29 is 4.79 Å². The number of carbonyl (C=O) groups excluding carboxylic acids is 1. The van der Waals surface area contributed by atoms with Crippen LogP contribution < -0.4 is 0 Å². The second-order valence-electron chi connectivity index (χ2n) is 6.66. The molecule has 0 aliphatic carbocycles. The average Bonchev–Trinajstić information content (AvgIpc) is 3.03. The van der Waals surface area contributed by atoms with E-state index in [9.17, 15) is 4.79 Å². The number of aryl methyl sites for hydroxylation is 1. The number of hydrogen-bond donors (Lipinski definition) is 0. The predicted octanol–water partition coefficient (Wildman–Crippen LogP) is 1.80. The van der Waals surface area contributed by atoms with Gasteiger partial charge in [-0.2, -0.15) is 5.10 Å². The normalized spacial score (nSPS) is 16.2. The van der Waals surface area contributed by atoms with E-state index in [0.717, 1.165) is 39.0 Å². The molecule has 0 atom stereocenters. The maximum absolute atomic E-state index is 12.4. The monoisotopic (exact) mass is 327 g/mol. The molecule has 0 bridgehead atoms. The zero-order valence-electron chi connectivity index (χ0n) is 14.4. The zero-order valence-corrected chi connectivity index (χ0v) is 14.4. The molecule has 0 saturated carbocycles. The Morgan fingerprint density at radius 3 is 2.62 bits per heavy atom. The average molecular weight is 327 g/mol. The van der Waals surface area contributed by atoms with E-state index in [1.165, 1.54) is 5.56 Å². The van der Waals surface area contributed by atoms with Gasteiger partial charge < -0.3 is 4.90 Å². The van der Waals surface area contributed by atoms with E-state index in [1.807, 2.05) is 31.4 Å². The van der Waals surface area contributed by atoms with E-state index in [-0.39, 0.29) is 5.91 Å². The molecule has 0 aromatic carbocycles. The number of carbonyl (C=O) groups is 1. The van der Waals surface area contributed by atoms with Crippen molar-refractivity contribution in [3.8, 4) is 0 Å². The number of piperidine rings is 1. The number of nitrogens with zero attached hydrogens (tertiary/aromatic N) is 5. The van der Waals surface area contributed by atoms with Gasteiger partial charge >= 0.3 is 0 Å². The molecule has 128 valence electrons. The van der Waals surface area contributed by atoms with E-state index in [4.69, 9.17) is 0 Å². The molecule has 6 heteroatoms. The maximum atomic E-state index is 12.4. The summed E-state index contributed by atoms with van der Waals surface area (Å²) in [6, 6.07) is 4.15. The lowest BCUT2D eigenvalue weighted by Crippen LogP contribution is -2.39. The molecule has 1 amide bonds. The highest BCUT2D eigenvalue weighted by Gasteiger charge is 2.23. The molecule has 2 aromatic rings. The number of hydrogen-bond acceptors (Lipinski definition) is 4. The fraction of sp³-hybridized carbons (Fsp3) is 0.500. The fourth-order valence-corrected chi connectivity index (χ4v) is 3.30. The Morgan fingerprint density at radius 1 is 1.29 bits per heavy atom. The van der Waals surface area contributed by atoms with Crippen LogP contribution in [0.3, 0.4) is 0 Å². The number of amides is 1. The van der Waals surface area contributed by atoms with Crippen molar-refractivity contribution >= 4 is 5.91 Å². The van der Waals surface area contributed by atoms with Crippen molar-refractivity contribution in [1.29, 1.82) is 0 Å². The van der Waals surface area contributed by atoms with Crippen molar-refractivity contribution in [3.63, 3.8) is 0 Å². The van der Waals surface area contributed by atoms with Gasteiger partial charge in [-0.15, -0.1) is 0 Å². The van der Waals surface area contributed by atoms with Crippen molar-refractivity contribution in [1.82, 2.24) is 24.6 Å². The van der Waals surface area contributed by atoms with Crippen LogP contribution in [0, 0.1) is 5.92 Å². The smallest absolute Gasteiger partial charge is 0.256 e. The first-order valence-corrected chi connectivity index (χ1v) is 8.47. The highest BCUT2D eigenvalue weighted by Crippen LogP contribution is 2.20. The van der Waals surface area contributed by atoms with Crippen LogP contribution in [0.25, 0.3) is 0 Å². The van der Waals surface area contributed by atoms with E-state index in [2.05, 4.69) is 27.1 Å². The molecule has 2 aromatic heterocycles. The van der Waals surface area contributed by atoms with Crippen molar-refractivity contribution in [2.75, 3.05) is 26.7 Å². The van der Waals surface area contributed by atoms with Crippen LogP contribution in [0.1, 0.15) is 28.8 Å². The molecule has 0 unspecified atom stereocenters. The molecule has 0 spiro atoms. The van der Waals surface area contributed by atoms with Crippen molar-refractivity contribution in [2.45, 2.75) is 19.4 Å². The molecule has 1 fully saturated rings. The van der Waals surface area contributed by atoms with Crippen LogP contribution in [-0.2, 0) is 13.6 Å². The standard InChI is InChI=1S/C18H25N5O/c1-21(18(24)17-11-20-22(2)14-17)12-16-5-9-23(10-6-16)13-15-3-7-19-8-4-15/h3-4,7-8,11,14,16H,5-6,9-10,12-13H2,1-2H3. The van der Waals surface area contributed by atoms with Crippen LogP contribution >= 0.6 is 0 Å². The van der Waals surface area contributed by atoms with Crippen LogP contribution in [0.15, 0.2) is 36.9 Å². The Morgan fingerprint density at radius 2 is 2.00 bits per heavy atom. The summed E-state index contributed by atoms with van der Waals surface area (Å²) >= 11 is 0. The number of pyridine rings is 1. The summed E-state index contributed by atoms with van der Waals surface area (Å²) in [6.07, 6.45) is 9.37. The lowest BCUT2D eigenvalue weighted by Gasteiger charge is -2.33. The minimum absolute atomic E-state index is 0.0577. The third kappa shape index (κ3) is 4.20. The Hall–Kier alpha value is -2.21. The van der Waals surface area contributed by atoms with Crippen molar-refractivity contribution in [2.24, 2.45) is 13.0 Å². The number of likely N-dealkylation sites (tertiary alicyclic amines) is 1. The summed E-state index contributed by atoms with van der Waals surface area (Å²) in [5, 5.41) is 4.07. The van der Waals surface area contributed by atoms with Crippen LogP contribution in [0.4, 0.5) is 0 Å². The summed E-state index contributed by atoms with van der Waals surface area (Å²) < 4.78 is 1.67. The van der Waals surface area contributed by atoms with E-state index in [0.29, 0.717) is 11.5 Å². The van der Waals surface area contributed by atoms with Gasteiger partial charge in [-0.1, -0.05) is 0 Å². The highest BCUT2D eigenvalue weighted by molar-refractivity contribution is 5.93. The van der Waals surface area contributed by atoms with Gasteiger partial charge in [0.25, 0.3) is 5.91 Å². The maximum Gasteiger partial charge on any atom is 0.256 e. The Balaban J connectivity index is 1.46. The SMILES string of the molecule is CN(CC1CCN(Cc2ccncc2)CC1)C(=O)c1cnn(C)c1. The summed E-state index contributed by atoms with van der Waals surface area (Å²) in [4.78, 5) is 20.8. The number of aromatic nitrogens is 3. The van der Waals surface area contributed by atoms with Gasteiger partial charge in [-0.05, 0) is 49.5 Å². The van der Waals surface area contributed by atoms with Crippen LogP contribution in [0.5, 0.6) is 0 Å². The van der Waals surface area contributed by atoms with Gasteiger partial charge in [-0.3, -0.25) is 19.4 Å². The lowest BCUT2D eigenvalue weighted by atomic mass is 9.96. The Bertz CT molecular complexity index is 661. The van der Waals surface area contributed by atoms with Gasteiger partial charge in [0.1, 0.15) is 0 Å². The summed E-state index contributed by atoms with van der Waals surface area (Å²) in [5.41, 5.74) is 1.97. The van der Waals surface area contributed by atoms with E-state index in [1.54, 1.807) is 17.1 Å². The lowest BCUT2D eigenvalue weighted by molar-refractivity contribution is 0.0737. The van der Waals surface area contributed by atoms with Gasteiger partial charge in [0, 0.05) is 45.8 Å². The molecule has 1 aliphatic rings. The molecule has 0 N–H and O–H groups in total. The van der Waals surface area contributed by atoms with Crippen LogP contribution in [0.2, 0.25) is 0 Å². The quantitative estimate of drug-likeness (QED) is 0.840. The van der Waals surface area contributed by atoms with E-state index >= 15 is 0 Å². The first kappa shape index (κ1) is 16.6. The molecule has 6 nitrogen and oxygen atoms in total. The third-order valence-corrected chi connectivity index (χ3v) is 4.69. The summed E-state index contributed by atoms with van der Waals surface area (Å²) in [7, 11) is 3.72. The Labute approximate surface area is 143 Å². The molecule has 3 rings (SSSR count). The van der Waals surface area contributed by atoms with Crippen molar-refractivity contribution in [3.05, 3.63) is 48.0 Å². The highest BCUT2D eigenvalue weighted by atomic mass is 16.2. The Kier molecular flexibility index (Phi) is 5.25. The van der Waals surface area contributed by atoms with E-state index < -0.39 is 0 Å². The summed E-state index contributed by atoms with van der Waals surface area (Å²) in [6.45, 7) is 3.97. The minimum Gasteiger partial charge on any atom is -0.341 e. The first-order valence-electron chi connectivity index (χ1n) is 8.47. The van der Waals surface area contributed by atoms with Gasteiger partial charge in [0.15, 0.2) is 0 Å². The van der Waals surface area contributed by atoms with Crippen LogP contribution in [-0.4, -0.2) is 57.2 Å². The third-order valence-electron chi connectivity index (χ3n) is 4.69. The summed E-state index contributed by atoms with van der Waals surface area (Å²) in [5.74, 6) is 0.631. The minimum atomic E-state index is 0.0577. The predicted molar refractivity (Wildman–Crippen MR) is 92.4 cm³/mol. The van der Waals surface area contributed by atoms with Gasteiger partial charge in [0.2, 0.25) is 0 Å². The van der Waals surface area contributed by atoms with Gasteiger partial charge in [-0.25, -0.2) is 0 Å². The largest absolute Gasteiger partial charge is 0.341 e. The number of rotatable bonds is 5. The molecule has 3 heterocycles. The molecular formula is C18H25N5O. The second kappa shape index (κ2) is 7.57.